The van der Waals surface area contributed by atoms with Crippen molar-refractivity contribution in [2.24, 2.45) is 0 Å². The monoisotopic (exact) mass is 333 g/mol. The first-order valence-corrected chi connectivity index (χ1v) is 8.22. The van der Waals surface area contributed by atoms with Crippen LogP contribution in [0.4, 0.5) is 0 Å². The summed E-state index contributed by atoms with van der Waals surface area (Å²) in [5.41, 5.74) is 0.497. The molecule has 0 fully saturated rings. The molecule has 22 heavy (non-hydrogen) atoms. The molecule has 1 aromatic carbocycles. The van der Waals surface area contributed by atoms with Crippen molar-refractivity contribution in [2.45, 2.75) is 19.5 Å². The summed E-state index contributed by atoms with van der Waals surface area (Å²) in [6.45, 7) is 2.71. The molecule has 1 N–H and O–H groups in total. The number of rotatable bonds is 4. The minimum Gasteiger partial charge on any atom is -0.309 e. The van der Waals surface area contributed by atoms with Gasteiger partial charge in [0.1, 0.15) is 5.82 Å². The quantitative estimate of drug-likeness (QED) is 0.789. The summed E-state index contributed by atoms with van der Waals surface area (Å²) >= 11 is 7.71. The third kappa shape index (κ3) is 3.06. The third-order valence-corrected chi connectivity index (χ3v) is 5.01. The van der Waals surface area contributed by atoms with E-state index in [0.717, 1.165) is 0 Å². The van der Waals surface area contributed by atoms with Crippen LogP contribution in [0.25, 0.3) is 10.9 Å². The number of nitrogens with zero attached hydrogens (tertiary/aromatic N) is 2. The largest absolute Gasteiger partial charge is 0.309 e. The van der Waals surface area contributed by atoms with Gasteiger partial charge in [0.25, 0.3) is 5.56 Å². The number of H-pyrrole nitrogens is 1. The highest BCUT2D eigenvalue weighted by Gasteiger charge is 2.14. The number of benzene rings is 1. The molecule has 2 heterocycles. The Hall–Kier alpha value is -1.69. The Bertz CT molecular complexity index is 844. The van der Waals surface area contributed by atoms with Crippen LogP contribution in [0.5, 0.6) is 0 Å². The molecular formula is C16H16ClN3OS. The zero-order valence-corrected chi connectivity index (χ0v) is 13.9. The summed E-state index contributed by atoms with van der Waals surface area (Å²) < 4.78 is 0. The molecule has 6 heteroatoms. The first-order chi connectivity index (χ1) is 10.5. The zero-order chi connectivity index (χ0) is 15.7. The maximum atomic E-state index is 12.1. The molecule has 0 aliphatic heterocycles. The van der Waals surface area contributed by atoms with Crippen molar-refractivity contribution in [1.82, 2.24) is 14.9 Å². The Labute approximate surface area is 137 Å². The highest BCUT2D eigenvalue weighted by molar-refractivity contribution is 7.10. The van der Waals surface area contributed by atoms with Crippen LogP contribution >= 0.6 is 22.9 Å². The molecular weight excluding hydrogens is 318 g/mol. The molecule has 3 rings (SSSR count). The van der Waals surface area contributed by atoms with E-state index in [1.54, 1.807) is 29.5 Å². The van der Waals surface area contributed by atoms with E-state index in [9.17, 15) is 4.79 Å². The van der Waals surface area contributed by atoms with Crippen molar-refractivity contribution >= 4 is 33.8 Å². The van der Waals surface area contributed by atoms with Crippen molar-refractivity contribution in [1.29, 1.82) is 0 Å². The molecule has 0 bridgehead atoms. The third-order valence-electron chi connectivity index (χ3n) is 3.73. The lowest BCUT2D eigenvalue weighted by Gasteiger charge is -2.23. The van der Waals surface area contributed by atoms with E-state index < -0.39 is 0 Å². The molecule has 114 valence electrons. The van der Waals surface area contributed by atoms with Crippen molar-refractivity contribution in [3.05, 3.63) is 61.8 Å². The second-order valence-corrected chi connectivity index (χ2v) is 6.70. The van der Waals surface area contributed by atoms with Gasteiger partial charge in [0.05, 0.1) is 17.4 Å². The highest BCUT2D eigenvalue weighted by Crippen LogP contribution is 2.24. The van der Waals surface area contributed by atoms with E-state index in [2.05, 4.69) is 33.2 Å². The van der Waals surface area contributed by atoms with Crippen molar-refractivity contribution in [3.63, 3.8) is 0 Å². The van der Waals surface area contributed by atoms with Crippen LogP contribution in [0, 0.1) is 0 Å². The van der Waals surface area contributed by atoms with Gasteiger partial charge >= 0.3 is 0 Å². The fourth-order valence-electron chi connectivity index (χ4n) is 2.36. The molecule has 0 aliphatic carbocycles. The van der Waals surface area contributed by atoms with Crippen LogP contribution in [0.3, 0.4) is 0 Å². The number of nitrogens with one attached hydrogen (secondary N) is 1. The van der Waals surface area contributed by atoms with E-state index in [4.69, 9.17) is 11.6 Å². The molecule has 0 aliphatic rings. The van der Waals surface area contributed by atoms with Gasteiger partial charge in [0.2, 0.25) is 0 Å². The predicted octanol–water partition coefficient (Wildman–Crippen LogP) is 3.83. The lowest BCUT2D eigenvalue weighted by molar-refractivity contribution is 0.250. The van der Waals surface area contributed by atoms with Gasteiger partial charge in [0, 0.05) is 15.9 Å². The van der Waals surface area contributed by atoms with Gasteiger partial charge in [-0.2, -0.15) is 0 Å². The second-order valence-electron chi connectivity index (χ2n) is 5.28. The van der Waals surface area contributed by atoms with Crippen LogP contribution < -0.4 is 5.56 Å². The van der Waals surface area contributed by atoms with Crippen LogP contribution in [-0.2, 0) is 6.54 Å². The Balaban J connectivity index is 1.89. The number of thiophene rings is 1. The van der Waals surface area contributed by atoms with Gasteiger partial charge in [-0.05, 0) is 43.6 Å². The number of hydrogen-bond donors (Lipinski definition) is 1. The molecule has 0 radical (unpaired) electrons. The highest BCUT2D eigenvalue weighted by atomic mass is 35.5. The van der Waals surface area contributed by atoms with Crippen LogP contribution in [0.15, 0.2) is 40.5 Å². The van der Waals surface area contributed by atoms with E-state index in [1.165, 1.54) is 4.88 Å². The van der Waals surface area contributed by atoms with Crippen LogP contribution in [0.1, 0.15) is 23.7 Å². The van der Waals surface area contributed by atoms with Crippen molar-refractivity contribution in [3.8, 4) is 0 Å². The van der Waals surface area contributed by atoms with E-state index in [1.807, 2.05) is 13.1 Å². The molecule has 0 saturated carbocycles. The average Bonchev–Trinajstić information content (AvgIpc) is 3.00. The molecule has 3 aromatic rings. The summed E-state index contributed by atoms with van der Waals surface area (Å²) in [7, 11) is 2.02. The molecule has 1 atom stereocenters. The fourth-order valence-corrected chi connectivity index (χ4v) is 3.37. The van der Waals surface area contributed by atoms with E-state index in [0.29, 0.717) is 28.3 Å². The Morgan fingerprint density at radius 1 is 1.41 bits per heavy atom. The van der Waals surface area contributed by atoms with Gasteiger partial charge in [-0.25, -0.2) is 4.98 Å². The number of hydrogen-bond acceptors (Lipinski definition) is 4. The van der Waals surface area contributed by atoms with Crippen molar-refractivity contribution in [2.75, 3.05) is 7.05 Å². The fraction of sp³-hybridized carbons (Fsp3) is 0.250. The smallest absolute Gasteiger partial charge is 0.258 e. The summed E-state index contributed by atoms with van der Waals surface area (Å²) in [5, 5.41) is 3.21. The molecule has 0 saturated heterocycles. The Morgan fingerprint density at radius 3 is 2.95 bits per heavy atom. The topological polar surface area (TPSA) is 49.0 Å². The van der Waals surface area contributed by atoms with Crippen LogP contribution in [0.2, 0.25) is 5.02 Å². The summed E-state index contributed by atoms with van der Waals surface area (Å²) in [6, 6.07) is 9.54. The maximum absolute atomic E-state index is 12.1. The molecule has 0 unspecified atom stereocenters. The van der Waals surface area contributed by atoms with E-state index in [-0.39, 0.29) is 11.6 Å². The minimum absolute atomic E-state index is 0.131. The molecule has 0 amide bonds. The molecule has 0 spiro atoms. The SMILES string of the molecule is C[C@@H](c1cccs1)N(C)Cc1nc2cc(Cl)ccc2c(=O)[nH]1. The number of halogens is 1. The average molecular weight is 334 g/mol. The maximum Gasteiger partial charge on any atom is 0.258 e. The predicted molar refractivity (Wildman–Crippen MR) is 91.6 cm³/mol. The normalized spacial score (nSPS) is 12.9. The Kier molecular flexibility index (Phi) is 4.29. The second kappa shape index (κ2) is 6.20. The summed E-state index contributed by atoms with van der Waals surface area (Å²) in [4.78, 5) is 22.9. The lowest BCUT2D eigenvalue weighted by atomic mass is 10.2. The lowest BCUT2D eigenvalue weighted by Crippen LogP contribution is -2.24. The summed E-state index contributed by atoms with van der Waals surface area (Å²) in [6.07, 6.45) is 0. The van der Waals surface area contributed by atoms with E-state index >= 15 is 0 Å². The van der Waals surface area contributed by atoms with Gasteiger partial charge < -0.3 is 4.98 Å². The Morgan fingerprint density at radius 2 is 2.23 bits per heavy atom. The minimum atomic E-state index is -0.131. The van der Waals surface area contributed by atoms with Gasteiger partial charge in [-0.1, -0.05) is 17.7 Å². The first kappa shape index (κ1) is 15.2. The van der Waals surface area contributed by atoms with Crippen LogP contribution in [-0.4, -0.2) is 21.9 Å². The summed E-state index contributed by atoms with van der Waals surface area (Å²) in [5.74, 6) is 0.644. The first-order valence-electron chi connectivity index (χ1n) is 6.96. The molecule has 4 nitrogen and oxygen atoms in total. The van der Waals surface area contributed by atoms with Gasteiger partial charge in [-0.3, -0.25) is 9.69 Å². The molecule has 2 aromatic heterocycles. The van der Waals surface area contributed by atoms with Crippen molar-refractivity contribution < 1.29 is 0 Å². The van der Waals surface area contributed by atoms with Gasteiger partial charge in [0.15, 0.2) is 0 Å². The number of fused-ring (bicyclic) bond motifs is 1. The van der Waals surface area contributed by atoms with Gasteiger partial charge in [-0.15, -0.1) is 11.3 Å². The number of aromatic amines is 1. The number of aromatic nitrogens is 2. The zero-order valence-electron chi connectivity index (χ0n) is 12.3. The standard InChI is InChI=1S/C16H16ClN3OS/c1-10(14-4-3-7-22-14)20(2)9-15-18-13-8-11(17)5-6-12(13)16(21)19-15/h3-8,10H,9H2,1-2H3,(H,18,19,21)/t10-/m0/s1.